The summed E-state index contributed by atoms with van der Waals surface area (Å²) >= 11 is 0. The highest BCUT2D eigenvalue weighted by molar-refractivity contribution is 7.61. The van der Waals surface area contributed by atoms with Crippen LogP contribution in [0.25, 0.3) is 0 Å². The average molecular weight is 1020 g/mol. The number of fused-ring (bicyclic) bond motifs is 3. The molecule has 2 bridgehead atoms. The lowest BCUT2D eigenvalue weighted by atomic mass is 9.83. The number of nitrogens with zero attached hydrogens (tertiary/aromatic N) is 2. The second-order valence-electron chi connectivity index (χ2n) is 18.6. The number of unbranched alkanes of at least 4 members (excludes halogenated alkanes) is 9. The second kappa shape index (κ2) is 31.5. The van der Waals surface area contributed by atoms with Crippen molar-refractivity contribution in [3.05, 3.63) is 34.9 Å². The first-order chi connectivity index (χ1) is 32.7. The first kappa shape index (κ1) is 60.4. The van der Waals surface area contributed by atoms with E-state index in [2.05, 4.69) is 23.1 Å². The molecule has 2 aliphatic rings. The van der Waals surface area contributed by atoms with Gasteiger partial charge in [0.05, 0.1) is 37.4 Å². The molecule has 2 aliphatic heterocycles. The summed E-state index contributed by atoms with van der Waals surface area (Å²) in [5.41, 5.74) is 4.77. The van der Waals surface area contributed by atoms with Gasteiger partial charge in [0.1, 0.15) is 36.6 Å². The van der Waals surface area contributed by atoms with Gasteiger partial charge >= 0.3 is 33.3 Å². The highest BCUT2D eigenvalue weighted by Gasteiger charge is 2.45. The van der Waals surface area contributed by atoms with Gasteiger partial charge in [-0.05, 0) is 37.7 Å². The largest absolute Gasteiger partial charge is 0.481 e. The number of phosphoric ester groups is 2. The summed E-state index contributed by atoms with van der Waals surface area (Å²) in [7, 11) is -11.3. The number of carbonyl (C=O) groups is 3. The molecule has 0 aliphatic carbocycles. The lowest BCUT2D eigenvalue weighted by Gasteiger charge is -2.39. The first-order valence-electron chi connectivity index (χ1n) is 24.7. The van der Waals surface area contributed by atoms with E-state index < -0.39 is 120 Å². The molecule has 396 valence electrons. The van der Waals surface area contributed by atoms with E-state index in [9.17, 15) is 58.5 Å². The monoisotopic (exact) mass is 1020 g/mol. The van der Waals surface area contributed by atoms with Crippen LogP contribution in [-0.2, 0) is 51.1 Å². The standard InChI is InChI=1S/C46H79N3O18P2/c1-4-5-14-20-33(50)24-25-35-37(51)28-38(52)36-21-16-12-13-18-23-42(54)65-34(29-62-41(53)22-17-11-9-7-6-8-10-15-19-32(2)3)30-63-68(58,59)67-69(60,61)64-31-39(44(56)43(35)55)66-45(36)49-27-26-40(47)48-46(49)57/h24-27,32-36,38-39,43-45,50,52,55-56H,4-23,28-31H2,1-3H3,(H,58,59)(H,60,61)(H2,47,48,57)/b25-24-/t33-,34+,35-,36-,38-,39+,43-,44+,45+/m0/s1. The third-order valence-electron chi connectivity index (χ3n) is 12.2. The summed E-state index contributed by atoms with van der Waals surface area (Å²) in [4.78, 5) is 77.9. The smallest absolute Gasteiger partial charge is 0.462 e. The number of carbonyl (C=O) groups excluding carboxylic acids is 3. The third-order valence-corrected chi connectivity index (χ3v) is 14.8. The summed E-state index contributed by atoms with van der Waals surface area (Å²) in [5, 5.41) is 45.6. The Morgan fingerprint density at radius 2 is 1.54 bits per heavy atom. The van der Waals surface area contributed by atoms with Gasteiger partial charge in [0, 0.05) is 31.4 Å². The van der Waals surface area contributed by atoms with E-state index in [1.165, 1.54) is 50.1 Å². The molecule has 1 aromatic rings. The van der Waals surface area contributed by atoms with Crippen LogP contribution in [0, 0.1) is 17.8 Å². The molecule has 2 saturated heterocycles. The molecule has 1 aromatic heterocycles. The minimum Gasteiger partial charge on any atom is -0.462 e. The number of hydrogen-bond donors (Lipinski definition) is 7. The lowest BCUT2D eigenvalue weighted by molar-refractivity contribution is -0.188. The summed E-state index contributed by atoms with van der Waals surface area (Å²) in [6, 6.07) is 1.24. The Labute approximate surface area is 405 Å². The van der Waals surface area contributed by atoms with E-state index in [4.69, 9.17) is 29.0 Å². The van der Waals surface area contributed by atoms with Crippen molar-refractivity contribution in [2.75, 3.05) is 25.6 Å². The molecule has 2 fully saturated rings. The van der Waals surface area contributed by atoms with Gasteiger partial charge in [-0.3, -0.25) is 28.0 Å². The highest BCUT2D eigenvalue weighted by Crippen LogP contribution is 2.60. The van der Waals surface area contributed by atoms with Crippen molar-refractivity contribution in [3.63, 3.8) is 0 Å². The summed E-state index contributed by atoms with van der Waals surface area (Å²) in [6.45, 7) is 3.72. The summed E-state index contributed by atoms with van der Waals surface area (Å²) in [6.07, 6.45) is 4.79. The Kier molecular flexibility index (Phi) is 27.6. The fraction of sp³-hybridized carbons (Fsp3) is 0.804. The number of aliphatic hydroxyl groups excluding tert-OH is 4. The molecule has 11 atom stereocenters. The SMILES string of the molecule is CCCCC[C@H](O)/C=C\[C@H]1C(=O)C[C@H](O)[C@@H]2CCCCCCC(=O)O[C@H](COC(=O)CCCCCCCCCCC(C)C)COP(=O)(O)OP(=O)(O)OC[C@@H](O[C@H]2n2ccc(N)nc2=O)[C@@H](O)[C@H]1O. The van der Waals surface area contributed by atoms with Crippen LogP contribution >= 0.6 is 15.6 Å². The molecule has 2 unspecified atom stereocenters. The highest BCUT2D eigenvalue weighted by atomic mass is 31.3. The van der Waals surface area contributed by atoms with Gasteiger partial charge in [-0.2, -0.15) is 9.29 Å². The Hall–Kier alpha value is -2.91. The number of ether oxygens (including phenoxy) is 3. The molecule has 21 nitrogen and oxygen atoms in total. The Balaban J connectivity index is 1.85. The van der Waals surface area contributed by atoms with Crippen LogP contribution in [0.3, 0.4) is 0 Å². The van der Waals surface area contributed by atoms with E-state index in [0.717, 1.165) is 43.1 Å². The van der Waals surface area contributed by atoms with Crippen molar-refractivity contribution < 1.29 is 81.3 Å². The van der Waals surface area contributed by atoms with Crippen LogP contribution in [0.15, 0.2) is 29.2 Å². The molecular weight excluding hydrogens is 944 g/mol. The van der Waals surface area contributed by atoms with E-state index in [1.807, 2.05) is 6.92 Å². The molecule has 0 saturated carbocycles. The first-order valence-corrected chi connectivity index (χ1v) is 27.7. The summed E-state index contributed by atoms with van der Waals surface area (Å²) < 4.78 is 58.8. The zero-order valence-corrected chi connectivity index (χ0v) is 42.3. The number of nitrogens with two attached hydrogens (primary N) is 1. The molecule has 3 rings (SSSR count). The second-order valence-corrected chi connectivity index (χ2v) is 21.6. The Morgan fingerprint density at radius 1 is 0.899 bits per heavy atom. The van der Waals surface area contributed by atoms with Crippen molar-refractivity contribution in [1.82, 2.24) is 9.55 Å². The van der Waals surface area contributed by atoms with Crippen LogP contribution < -0.4 is 11.4 Å². The topological polar surface area (TPSA) is 323 Å². The molecule has 0 spiro atoms. The number of aliphatic hydroxyl groups is 4. The zero-order valence-electron chi connectivity index (χ0n) is 40.5. The molecule has 0 aromatic carbocycles. The van der Waals surface area contributed by atoms with E-state index in [0.29, 0.717) is 44.4 Å². The van der Waals surface area contributed by atoms with E-state index in [-0.39, 0.29) is 31.5 Å². The molecule has 69 heavy (non-hydrogen) atoms. The van der Waals surface area contributed by atoms with Crippen LogP contribution in [0.4, 0.5) is 5.82 Å². The molecular formula is C46H79N3O18P2. The number of esters is 2. The maximum atomic E-state index is 13.9. The molecule has 3 heterocycles. The maximum Gasteiger partial charge on any atom is 0.481 e. The van der Waals surface area contributed by atoms with Gasteiger partial charge in [0.15, 0.2) is 6.10 Å². The van der Waals surface area contributed by atoms with Gasteiger partial charge < -0.3 is 50.2 Å². The van der Waals surface area contributed by atoms with Crippen molar-refractivity contribution in [1.29, 1.82) is 0 Å². The van der Waals surface area contributed by atoms with Gasteiger partial charge in [-0.1, -0.05) is 123 Å². The van der Waals surface area contributed by atoms with Crippen molar-refractivity contribution in [3.8, 4) is 0 Å². The quantitative estimate of drug-likeness (QED) is 0.0335. The lowest BCUT2D eigenvalue weighted by Crippen LogP contribution is -2.51. The van der Waals surface area contributed by atoms with Crippen LogP contribution in [0.2, 0.25) is 0 Å². The Morgan fingerprint density at radius 3 is 2.20 bits per heavy atom. The minimum absolute atomic E-state index is 0.0574. The number of rotatable bonds is 20. The number of anilines is 1. The van der Waals surface area contributed by atoms with Gasteiger partial charge in [-0.25, -0.2) is 13.9 Å². The van der Waals surface area contributed by atoms with Gasteiger partial charge in [0.25, 0.3) is 0 Å². The van der Waals surface area contributed by atoms with E-state index in [1.54, 1.807) is 0 Å². The van der Waals surface area contributed by atoms with Gasteiger partial charge in [-0.15, -0.1) is 0 Å². The third kappa shape index (κ3) is 23.5. The van der Waals surface area contributed by atoms with Gasteiger partial charge in [0.2, 0.25) is 0 Å². The van der Waals surface area contributed by atoms with E-state index >= 15 is 0 Å². The van der Waals surface area contributed by atoms with Crippen LogP contribution in [-0.4, -0.2) is 114 Å². The molecule has 0 amide bonds. The predicted molar refractivity (Wildman–Crippen MR) is 253 cm³/mol. The van der Waals surface area contributed by atoms with Crippen LogP contribution in [0.5, 0.6) is 0 Å². The number of aromatic nitrogens is 2. The molecule has 23 heteroatoms. The fourth-order valence-electron chi connectivity index (χ4n) is 8.23. The number of hydrogen-bond acceptors (Lipinski definition) is 18. The Bertz CT molecular complexity index is 1890. The minimum atomic E-state index is -5.70. The number of ketones is 1. The number of cyclic esters (lactones) is 1. The fourth-order valence-corrected chi connectivity index (χ4v) is 10.3. The van der Waals surface area contributed by atoms with Crippen molar-refractivity contribution in [2.45, 2.75) is 198 Å². The maximum absolute atomic E-state index is 13.9. The number of nitrogen functional groups attached to an aromatic ring is 1. The number of Topliss-reactive ketones (excluding diaryl/α,β-unsaturated/α-hetero) is 1. The zero-order chi connectivity index (χ0) is 51.0. The molecule has 0 radical (unpaired) electrons. The van der Waals surface area contributed by atoms with Crippen LogP contribution in [0.1, 0.15) is 162 Å². The normalized spacial score (nSPS) is 30.2. The molecule has 8 N–H and O–H groups in total. The predicted octanol–water partition coefficient (Wildman–Crippen LogP) is 6.11. The summed E-state index contributed by atoms with van der Waals surface area (Å²) in [5.74, 6) is -4.31. The number of phosphoric acid groups is 2. The average Bonchev–Trinajstić information content (AvgIpc) is 3.27. The van der Waals surface area contributed by atoms with Crippen molar-refractivity contribution >= 4 is 39.2 Å². The van der Waals surface area contributed by atoms with Crippen molar-refractivity contribution in [2.24, 2.45) is 17.8 Å².